The van der Waals surface area contributed by atoms with Crippen LogP contribution in [-0.4, -0.2) is 12.5 Å². The standard InChI is InChI=1S/C12H17NO2/c1-2-10-5-3-6-11(9-10)15-8-4-7-12(13)14/h3,5-6,9H,2,4,7-8H2,1H3,(H2,13,14). The van der Waals surface area contributed by atoms with Gasteiger partial charge in [0.1, 0.15) is 5.75 Å². The number of carbonyl (C=O) groups is 1. The molecule has 3 heteroatoms. The van der Waals surface area contributed by atoms with Crippen LogP contribution >= 0.6 is 0 Å². The van der Waals surface area contributed by atoms with Gasteiger partial charge in [0, 0.05) is 6.42 Å². The molecule has 0 unspecified atom stereocenters. The van der Waals surface area contributed by atoms with Crippen LogP contribution in [0.1, 0.15) is 25.3 Å². The Kier molecular flexibility index (Phi) is 4.68. The summed E-state index contributed by atoms with van der Waals surface area (Å²) < 4.78 is 5.49. The van der Waals surface area contributed by atoms with Crippen molar-refractivity contribution >= 4 is 5.91 Å². The number of hydrogen-bond acceptors (Lipinski definition) is 2. The number of benzene rings is 1. The van der Waals surface area contributed by atoms with Crippen molar-refractivity contribution in [2.75, 3.05) is 6.61 Å². The minimum Gasteiger partial charge on any atom is -0.494 e. The quantitative estimate of drug-likeness (QED) is 0.724. The topological polar surface area (TPSA) is 52.3 Å². The van der Waals surface area contributed by atoms with Crippen LogP contribution in [0.3, 0.4) is 0 Å². The van der Waals surface area contributed by atoms with Crippen molar-refractivity contribution in [1.29, 1.82) is 0 Å². The molecule has 0 saturated carbocycles. The van der Waals surface area contributed by atoms with Crippen LogP contribution < -0.4 is 10.5 Å². The number of rotatable bonds is 6. The van der Waals surface area contributed by atoms with Crippen molar-refractivity contribution < 1.29 is 9.53 Å². The van der Waals surface area contributed by atoms with Crippen LogP contribution in [0, 0.1) is 0 Å². The highest BCUT2D eigenvalue weighted by Gasteiger charge is 1.97. The lowest BCUT2D eigenvalue weighted by Crippen LogP contribution is -2.11. The molecule has 15 heavy (non-hydrogen) atoms. The fraction of sp³-hybridized carbons (Fsp3) is 0.417. The van der Waals surface area contributed by atoms with Gasteiger partial charge in [0.2, 0.25) is 5.91 Å². The Labute approximate surface area is 90.2 Å². The largest absolute Gasteiger partial charge is 0.494 e. The third-order valence-electron chi connectivity index (χ3n) is 2.14. The maximum Gasteiger partial charge on any atom is 0.217 e. The minimum atomic E-state index is -0.277. The first-order chi connectivity index (χ1) is 7.22. The van der Waals surface area contributed by atoms with Gasteiger partial charge in [0.25, 0.3) is 0 Å². The van der Waals surface area contributed by atoms with Gasteiger partial charge >= 0.3 is 0 Å². The Hall–Kier alpha value is -1.51. The van der Waals surface area contributed by atoms with E-state index in [1.165, 1.54) is 5.56 Å². The molecular weight excluding hydrogens is 190 g/mol. The third-order valence-corrected chi connectivity index (χ3v) is 2.14. The average Bonchev–Trinajstić information content (AvgIpc) is 2.24. The van der Waals surface area contributed by atoms with E-state index >= 15 is 0 Å². The molecule has 3 nitrogen and oxygen atoms in total. The van der Waals surface area contributed by atoms with E-state index in [0.29, 0.717) is 19.4 Å². The second kappa shape index (κ2) is 6.06. The van der Waals surface area contributed by atoms with E-state index in [2.05, 4.69) is 13.0 Å². The van der Waals surface area contributed by atoms with Crippen LogP contribution in [0.25, 0.3) is 0 Å². The molecule has 1 aromatic carbocycles. The van der Waals surface area contributed by atoms with Gasteiger partial charge in [-0.2, -0.15) is 0 Å². The number of primary amides is 1. The Morgan fingerprint density at radius 3 is 2.93 bits per heavy atom. The highest BCUT2D eigenvalue weighted by Crippen LogP contribution is 2.13. The number of amides is 1. The Morgan fingerprint density at radius 1 is 1.47 bits per heavy atom. The van der Waals surface area contributed by atoms with E-state index in [4.69, 9.17) is 10.5 Å². The summed E-state index contributed by atoms with van der Waals surface area (Å²) in [5, 5.41) is 0. The summed E-state index contributed by atoms with van der Waals surface area (Å²) in [4.78, 5) is 10.5. The van der Waals surface area contributed by atoms with Gasteiger partial charge in [0.05, 0.1) is 6.61 Å². The Morgan fingerprint density at radius 2 is 2.27 bits per heavy atom. The molecule has 0 fully saturated rings. The molecule has 0 aliphatic rings. The van der Waals surface area contributed by atoms with Gasteiger partial charge < -0.3 is 10.5 Å². The van der Waals surface area contributed by atoms with Crippen molar-refractivity contribution in [2.24, 2.45) is 5.73 Å². The van der Waals surface area contributed by atoms with E-state index in [0.717, 1.165) is 12.2 Å². The second-order valence-electron chi connectivity index (χ2n) is 3.42. The van der Waals surface area contributed by atoms with Crippen molar-refractivity contribution in [2.45, 2.75) is 26.2 Å². The number of ether oxygens (including phenoxy) is 1. The molecular formula is C12H17NO2. The van der Waals surface area contributed by atoms with Crippen molar-refractivity contribution in [3.05, 3.63) is 29.8 Å². The normalized spacial score (nSPS) is 9.93. The lowest BCUT2D eigenvalue weighted by molar-refractivity contribution is -0.118. The molecule has 82 valence electrons. The zero-order chi connectivity index (χ0) is 11.1. The molecule has 0 radical (unpaired) electrons. The molecule has 0 atom stereocenters. The first kappa shape index (κ1) is 11.6. The first-order valence-electron chi connectivity index (χ1n) is 5.22. The van der Waals surface area contributed by atoms with Gasteiger partial charge in [-0.1, -0.05) is 19.1 Å². The molecule has 0 heterocycles. The van der Waals surface area contributed by atoms with Crippen LogP contribution in [-0.2, 0) is 11.2 Å². The molecule has 0 saturated heterocycles. The smallest absolute Gasteiger partial charge is 0.217 e. The van der Waals surface area contributed by atoms with Crippen molar-refractivity contribution in [3.8, 4) is 5.75 Å². The highest BCUT2D eigenvalue weighted by atomic mass is 16.5. The summed E-state index contributed by atoms with van der Waals surface area (Å²) in [6.45, 7) is 2.64. The number of nitrogens with two attached hydrogens (primary N) is 1. The molecule has 0 aliphatic heterocycles. The summed E-state index contributed by atoms with van der Waals surface area (Å²) in [7, 11) is 0. The van der Waals surface area contributed by atoms with E-state index in [-0.39, 0.29) is 5.91 Å². The summed E-state index contributed by atoms with van der Waals surface area (Å²) >= 11 is 0. The highest BCUT2D eigenvalue weighted by molar-refractivity contribution is 5.73. The molecule has 0 aliphatic carbocycles. The van der Waals surface area contributed by atoms with Gasteiger partial charge in [-0.25, -0.2) is 0 Å². The van der Waals surface area contributed by atoms with E-state index < -0.39 is 0 Å². The van der Waals surface area contributed by atoms with Crippen LogP contribution in [0.2, 0.25) is 0 Å². The monoisotopic (exact) mass is 207 g/mol. The minimum absolute atomic E-state index is 0.277. The van der Waals surface area contributed by atoms with Crippen LogP contribution in [0.4, 0.5) is 0 Å². The SMILES string of the molecule is CCc1cccc(OCCCC(N)=O)c1. The van der Waals surface area contributed by atoms with Crippen LogP contribution in [0.5, 0.6) is 5.75 Å². The lowest BCUT2D eigenvalue weighted by Gasteiger charge is -2.06. The first-order valence-corrected chi connectivity index (χ1v) is 5.22. The fourth-order valence-electron chi connectivity index (χ4n) is 1.29. The summed E-state index contributed by atoms with van der Waals surface area (Å²) in [5.74, 6) is 0.583. The molecule has 2 N–H and O–H groups in total. The third kappa shape index (κ3) is 4.49. The molecule has 1 rings (SSSR count). The fourth-order valence-corrected chi connectivity index (χ4v) is 1.29. The summed E-state index contributed by atoms with van der Waals surface area (Å²) in [6.07, 6.45) is 2.05. The van der Waals surface area contributed by atoms with Gasteiger partial charge in [-0.3, -0.25) is 4.79 Å². The van der Waals surface area contributed by atoms with Crippen LogP contribution in [0.15, 0.2) is 24.3 Å². The van der Waals surface area contributed by atoms with Gasteiger partial charge in [-0.05, 0) is 30.5 Å². The van der Waals surface area contributed by atoms with E-state index in [1.54, 1.807) is 0 Å². The summed E-state index contributed by atoms with van der Waals surface area (Å²) in [6, 6.07) is 7.98. The average molecular weight is 207 g/mol. The van der Waals surface area contributed by atoms with Gasteiger partial charge in [0.15, 0.2) is 0 Å². The molecule has 1 amide bonds. The predicted molar refractivity (Wildman–Crippen MR) is 59.7 cm³/mol. The molecule has 0 bridgehead atoms. The molecule has 1 aromatic rings. The maximum absolute atomic E-state index is 10.5. The Balaban J connectivity index is 2.33. The zero-order valence-corrected chi connectivity index (χ0v) is 9.03. The molecule has 0 spiro atoms. The maximum atomic E-state index is 10.5. The Bertz CT molecular complexity index is 323. The van der Waals surface area contributed by atoms with E-state index in [1.807, 2.05) is 18.2 Å². The summed E-state index contributed by atoms with van der Waals surface area (Å²) in [5.41, 5.74) is 6.28. The van der Waals surface area contributed by atoms with Crippen molar-refractivity contribution in [3.63, 3.8) is 0 Å². The second-order valence-corrected chi connectivity index (χ2v) is 3.42. The predicted octanol–water partition coefficient (Wildman–Crippen LogP) is 1.89. The number of aryl methyl sites for hydroxylation is 1. The zero-order valence-electron chi connectivity index (χ0n) is 9.03. The number of carbonyl (C=O) groups excluding carboxylic acids is 1. The number of hydrogen-bond donors (Lipinski definition) is 1. The van der Waals surface area contributed by atoms with Gasteiger partial charge in [-0.15, -0.1) is 0 Å². The lowest BCUT2D eigenvalue weighted by atomic mass is 10.2. The van der Waals surface area contributed by atoms with Crippen molar-refractivity contribution in [1.82, 2.24) is 0 Å². The van der Waals surface area contributed by atoms with E-state index in [9.17, 15) is 4.79 Å². The molecule has 0 aromatic heterocycles.